The second kappa shape index (κ2) is 15.1. The van der Waals surface area contributed by atoms with E-state index in [1.54, 1.807) is 6.07 Å². The average molecular weight is 790 g/mol. The normalized spacial score (nSPS) is 11.3. The predicted molar refractivity (Wildman–Crippen MR) is 237 cm³/mol. The van der Waals surface area contributed by atoms with Crippen molar-refractivity contribution in [2.75, 3.05) is 0 Å². The topological polar surface area (TPSA) is 145 Å². The van der Waals surface area contributed by atoms with E-state index in [0.717, 1.165) is 66.4 Å². The number of benzene rings is 6. The van der Waals surface area contributed by atoms with Crippen molar-refractivity contribution >= 4 is 21.8 Å². The van der Waals surface area contributed by atoms with Gasteiger partial charge in [0.15, 0.2) is 29.1 Å². The minimum atomic E-state index is 0.482. The van der Waals surface area contributed by atoms with E-state index >= 15 is 0 Å². The Bertz CT molecular complexity index is 3160. The Morgan fingerprint density at radius 2 is 0.820 bits per heavy atom. The van der Waals surface area contributed by atoms with Gasteiger partial charge in [-0.05, 0) is 75.2 Å². The lowest BCUT2D eigenvalue weighted by molar-refractivity contribution is 0.928. The average Bonchev–Trinajstić information content (AvgIpc) is 3.61. The molecule has 11 nitrogen and oxygen atoms in total. The lowest BCUT2D eigenvalue weighted by atomic mass is 9.99. The first-order valence-corrected chi connectivity index (χ1v) is 19.8. The number of nitrogens with zero attached hydrogens (tertiary/aromatic N) is 11. The van der Waals surface area contributed by atoms with Gasteiger partial charge in [0.05, 0.1) is 28.4 Å². The fourth-order valence-corrected chi connectivity index (χ4v) is 7.83. The zero-order valence-corrected chi connectivity index (χ0v) is 33.7. The van der Waals surface area contributed by atoms with Gasteiger partial charge in [0.1, 0.15) is 23.3 Å². The van der Waals surface area contributed by atoms with E-state index in [0.29, 0.717) is 58.0 Å². The summed E-state index contributed by atoms with van der Waals surface area (Å²) in [5.41, 5.74) is 9.19. The minimum absolute atomic E-state index is 0.482. The van der Waals surface area contributed by atoms with E-state index in [4.69, 9.17) is 34.9 Å². The molecule has 6 aromatic carbocycles. The largest absolute Gasteiger partial charge is 0.308 e. The van der Waals surface area contributed by atoms with Crippen LogP contribution in [0, 0.1) is 39.0 Å². The molecule has 0 saturated carbocycles. The first kappa shape index (κ1) is 36.9. The van der Waals surface area contributed by atoms with Crippen LogP contribution in [0.5, 0.6) is 0 Å². The van der Waals surface area contributed by atoms with Crippen LogP contribution < -0.4 is 0 Å². The molecule has 0 fully saturated rings. The fourth-order valence-electron chi connectivity index (χ4n) is 7.83. The summed E-state index contributed by atoms with van der Waals surface area (Å²) >= 11 is 0. The van der Waals surface area contributed by atoms with Gasteiger partial charge in [0.2, 0.25) is 0 Å². The highest BCUT2D eigenvalue weighted by Gasteiger charge is 2.22. The first-order chi connectivity index (χ1) is 29.8. The third-order valence-electron chi connectivity index (χ3n) is 10.5. The van der Waals surface area contributed by atoms with E-state index in [1.165, 1.54) is 0 Å². The molecule has 0 atom stereocenters. The zero-order chi connectivity index (χ0) is 41.6. The third kappa shape index (κ3) is 7.02. The van der Waals surface area contributed by atoms with Gasteiger partial charge in [-0.1, -0.05) is 103 Å². The number of nitriles is 1. The molecule has 0 aliphatic rings. The number of hydrogen-bond donors (Lipinski definition) is 0. The van der Waals surface area contributed by atoms with E-state index in [-0.39, 0.29) is 0 Å². The maximum atomic E-state index is 9.85. The van der Waals surface area contributed by atoms with Crippen molar-refractivity contribution in [3.05, 3.63) is 168 Å². The highest BCUT2D eigenvalue weighted by Crippen LogP contribution is 2.40. The highest BCUT2D eigenvalue weighted by molar-refractivity contribution is 6.11. The van der Waals surface area contributed by atoms with E-state index < -0.39 is 0 Å². The molecule has 0 unspecified atom stereocenters. The standard InChI is InChI=1S/C50H35N11/c1-29-52-30(2)55-48(54-29)38-18-21-40-41-22-19-39(49-56-31(3)53-32(4)57-49)27-45(41)61(44(40)26-38)43-23-20-37(36-17-11-12-33(24-36)28-51)25-42(43)50-59-46(34-13-7-5-8-14-34)58-47(60-50)35-15-9-6-10-16-35/h5-27H,1-4H3. The fraction of sp³-hybridized carbons (Fsp3) is 0.0800. The van der Waals surface area contributed by atoms with Crippen LogP contribution >= 0.6 is 0 Å². The SMILES string of the molecule is Cc1nc(C)nc(-c2ccc3c4ccc(-c5nc(C)nc(C)n5)cc4n(-c4ccc(-c5cccc(C#N)c5)cc4-c4nc(-c5ccccc5)nc(-c5ccccc5)n4)c3c2)n1. The van der Waals surface area contributed by atoms with Crippen LogP contribution in [0.15, 0.2) is 140 Å². The number of aromatic nitrogens is 10. The third-order valence-corrected chi connectivity index (χ3v) is 10.5. The van der Waals surface area contributed by atoms with Crippen LogP contribution in [0.1, 0.15) is 28.9 Å². The Morgan fingerprint density at radius 3 is 1.33 bits per heavy atom. The molecule has 0 bridgehead atoms. The number of hydrogen-bond acceptors (Lipinski definition) is 10. The van der Waals surface area contributed by atoms with Crippen molar-refractivity contribution < 1.29 is 0 Å². The van der Waals surface area contributed by atoms with Crippen molar-refractivity contribution in [2.45, 2.75) is 27.7 Å². The number of aryl methyl sites for hydroxylation is 4. The Kier molecular flexibility index (Phi) is 9.15. The van der Waals surface area contributed by atoms with Crippen LogP contribution in [0.2, 0.25) is 0 Å². The first-order valence-electron chi connectivity index (χ1n) is 19.8. The summed E-state index contributed by atoms with van der Waals surface area (Å²) in [6, 6.07) is 48.7. The lowest BCUT2D eigenvalue weighted by Crippen LogP contribution is -2.04. The monoisotopic (exact) mass is 789 g/mol. The van der Waals surface area contributed by atoms with Crippen molar-refractivity contribution in [3.63, 3.8) is 0 Å². The number of fused-ring (bicyclic) bond motifs is 3. The van der Waals surface area contributed by atoms with E-state index in [9.17, 15) is 5.26 Å². The molecule has 10 rings (SSSR count). The quantitative estimate of drug-likeness (QED) is 0.153. The molecule has 4 heterocycles. The molecular formula is C50H35N11. The Labute approximate surface area is 351 Å². The summed E-state index contributed by atoms with van der Waals surface area (Å²) in [6.07, 6.45) is 0. The molecule has 10 aromatic rings. The summed E-state index contributed by atoms with van der Waals surface area (Å²) in [5, 5.41) is 11.9. The van der Waals surface area contributed by atoms with Crippen molar-refractivity contribution in [1.29, 1.82) is 5.26 Å². The van der Waals surface area contributed by atoms with Gasteiger partial charge in [0.25, 0.3) is 0 Å². The van der Waals surface area contributed by atoms with Crippen molar-refractivity contribution in [2.24, 2.45) is 0 Å². The summed E-state index contributed by atoms with van der Waals surface area (Å²) < 4.78 is 2.25. The van der Waals surface area contributed by atoms with Gasteiger partial charge < -0.3 is 4.57 Å². The van der Waals surface area contributed by atoms with Crippen molar-refractivity contribution in [1.82, 2.24) is 49.4 Å². The Morgan fingerprint density at radius 1 is 0.377 bits per heavy atom. The predicted octanol–water partition coefficient (Wildman–Crippen LogP) is 10.4. The van der Waals surface area contributed by atoms with Crippen molar-refractivity contribution in [3.8, 4) is 79.8 Å². The van der Waals surface area contributed by atoms with Gasteiger partial charge in [-0.25, -0.2) is 44.9 Å². The maximum Gasteiger partial charge on any atom is 0.166 e. The molecule has 0 N–H and O–H groups in total. The molecule has 61 heavy (non-hydrogen) atoms. The second-order valence-corrected chi connectivity index (χ2v) is 14.8. The van der Waals surface area contributed by atoms with Crippen LogP contribution in [-0.4, -0.2) is 49.4 Å². The van der Waals surface area contributed by atoms with Crippen LogP contribution in [0.25, 0.3) is 95.6 Å². The smallest absolute Gasteiger partial charge is 0.166 e. The van der Waals surface area contributed by atoms with Gasteiger partial charge in [-0.15, -0.1) is 0 Å². The maximum absolute atomic E-state index is 9.85. The van der Waals surface area contributed by atoms with E-state index in [2.05, 4.69) is 75.2 Å². The number of rotatable bonds is 7. The summed E-state index contributed by atoms with van der Waals surface area (Å²) in [7, 11) is 0. The molecule has 4 aromatic heterocycles. The molecule has 11 heteroatoms. The summed E-state index contributed by atoms with van der Waals surface area (Å²) in [4.78, 5) is 43.3. The molecule has 0 aliphatic carbocycles. The van der Waals surface area contributed by atoms with Gasteiger partial charge in [-0.2, -0.15) is 5.26 Å². The molecule has 290 valence electrons. The zero-order valence-electron chi connectivity index (χ0n) is 33.7. The summed E-state index contributed by atoms with van der Waals surface area (Å²) in [6.45, 7) is 7.51. The molecule has 0 radical (unpaired) electrons. The molecule has 0 aliphatic heterocycles. The highest BCUT2D eigenvalue weighted by atomic mass is 15.1. The van der Waals surface area contributed by atoms with Crippen LogP contribution in [0.3, 0.4) is 0 Å². The Balaban J connectivity index is 1.31. The van der Waals surface area contributed by atoms with Gasteiger partial charge in [-0.3, -0.25) is 0 Å². The van der Waals surface area contributed by atoms with Crippen LogP contribution in [0.4, 0.5) is 0 Å². The lowest BCUT2D eigenvalue weighted by Gasteiger charge is -2.17. The van der Waals surface area contributed by atoms with Crippen LogP contribution in [-0.2, 0) is 0 Å². The molecule has 0 saturated heterocycles. The summed E-state index contributed by atoms with van der Waals surface area (Å²) in [5.74, 6) is 5.33. The second-order valence-electron chi connectivity index (χ2n) is 14.8. The molecular weight excluding hydrogens is 755 g/mol. The molecule has 0 spiro atoms. The van der Waals surface area contributed by atoms with Gasteiger partial charge in [0, 0.05) is 38.6 Å². The van der Waals surface area contributed by atoms with Gasteiger partial charge >= 0.3 is 0 Å². The Hall–Kier alpha value is -8.36. The molecule has 0 amide bonds. The minimum Gasteiger partial charge on any atom is -0.308 e. The van der Waals surface area contributed by atoms with E-state index in [1.807, 2.05) is 107 Å².